The number of carboxylic acids is 1. The van der Waals surface area contributed by atoms with E-state index in [4.69, 9.17) is 5.11 Å². The molecule has 114 valence electrons. The maximum absolute atomic E-state index is 12.3. The molecule has 2 aromatic rings. The van der Waals surface area contributed by atoms with Crippen molar-refractivity contribution in [2.24, 2.45) is 0 Å². The molecule has 0 saturated carbocycles. The minimum Gasteiger partial charge on any atom is -0.481 e. The van der Waals surface area contributed by atoms with Gasteiger partial charge in [-0.05, 0) is 24.6 Å². The molecule has 0 atom stereocenters. The third-order valence-corrected chi connectivity index (χ3v) is 3.25. The van der Waals surface area contributed by atoms with Gasteiger partial charge in [-0.1, -0.05) is 30.3 Å². The van der Waals surface area contributed by atoms with Crippen LogP contribution in [0.15, 0.2) is 48.7 Å². The Balaban J connectivity index is 2.17. The monoisotopic (exact) mass is 298 g/mol. The van der Waals surface area contributed by atoms with Gasteiger partial charge in [-0.2, -0.15) is 0 Å². The number of carbonyl (C=O) groups is 2. The van der Waals surface area contributed by atoms with E-state index in [1.54, 1.807) is 35.4 Å². The molecule has 0 spiro atoms. The van der Waals surface area contributed by atoms with E-state index in [-0.39, 0.29) is 25.3 Å². The van der Waals surface area contributed by atoms with E-state index >= 15 is 0 Å². The van der Waals surface area contributed by atoms with Crippen LogP contribution in [0.4, 0.5) is 5.82 Å². The van der Waals surface area contributed by atoms with Crippen molar-refractivity contribution in [2.45, 2.75) is 13.3 Å². The van der Waals surface area contributed by atoms with Gasteiger partial charge < -0.3 is 10.0 Å². The average Bonchev–Trinajstić information content (AvgIpc) is 2.52. The second-order valence-corrected chi connectivity index (χ2v) is 5.05. The number of hydrogen-bond donors (Lipinski definition) is 1. The van der Waals surface area contributed by atoms with Crippen LogP contribution in [0, 0.1) is 6.92 Å². The SMILES string of the molecule is Cc1ccnc(N(CCC(=O)O)CC(=O)c2ccccc2)c1. The number of aryl methyl sites for hydroxylation is 1. The molecule has 0 bridgehead atoms. The van der Waals surface area contributed by atoms with Crippen LogP contribution in [0.3, 0.4) is 0 Å². The van der Waals surface area contributed by atoms with Crippen molar-refractivity contribution in [3.63, 3.8) is 0 Å². The van der Waals surface area contributed by atoms with Gasteiger partial charge in [-0.3, -0.25) is 9.59 Å². The molecule has 22 heavy (non-hydrogen) atoms. The summed E-state index contributed by atoms with van der Waals surface area (Å²) in [6.45, 7) is 2.28. The van der Waals surface area contributed by atoms with Gasteiger partial charge in [0.05, 0.1) is 13.0 Å². The van der Waals surface area contributed by atoms with Crippen molar-refractivity contribution in [3.8, 4) is 0 Å². The lowest BCUT2D eigenvalue weighted by Gasteiger charge is -2.22. The number of nitrogens with zero attached hydrogens (tertiary/aromatic N) is 2. The number of Topliss-reactive ketones (excluding diaryl/α,β-unsaturated/α-hetero) is 1. The highest BCUT2D eigenvalue weighted by Gasteiger charge is 2.15. The molecular formula is C17H18N2O3. The molecule has 2 rings (SSSR count). The smallest absolute Gasteiger partial charge is 0.305 e. The Morgan fingerprint density at radius 2 is 1.91 bits per heavy atom. The predicted molar refractivity (Wildman–Crippen MR) is 84.2 cm³/mol. The summed E-state index contributed by atoms with van der Waals surface area (Å²) >= 11 is 0. The molecule has 0 aliphatic rings. The molecule has 5 nitrogen and oxygen atoms in total. The zero-order valence-corrected chi connectivity index (χ0v) is 12.4. The van der Waals surface area contributed by atoms with Crippen LogP contribution in [-0.4, -0.2) is 34.9 Å². The fourth-order valence-electron chi connectivity index (χ4n) is 2.09. The summed E-state index contributed by atoms with van der Waals surface area (Å²) in [6, 6.07) is 12.7. The highest BCUT2D eigenvalue weighted by molar-refractivity contribution is 5.99. The number of carbonyl (C=O) groups excluding carboxylic acids is 1. The van der Waals surface area contributed by atoms with Crippen molar-refractivity contribution in [1.29, 1.82) is 0 Å². The number of ketones is 1. The number of aliphatic carboxylic acids is 1. The lowest BCUT2D eigenvalue weighted by Crippen LogP contribution is -2.32. The number of rotatable bonds is 7. The van der Waals surface area contributed by atoms with Gasteiger partial charge in [0.1, 0.15) is 5.82 Å². The maximum Gasteiger partial charge on any atom is 0.305 e. The average molecular weight is 298 g/mol. The molecule has 1 aromatic heterocycles. The first-order chi connectivity index (χ1) is 10.6. The Morgan fingerprint density at radius 3 is 2.55 bits per heavy atom. The van der Waals surface area contributed by atoms with Gasteiger partial charge in [0, 0.05) is 18.3 Å². The minimum absolute atomic E-state index is 0.0440. The van der Waals surface area contributed by atoms with E-state index in [0.29, 0.717) is 11.4 Å². The maximum atomic E-state index is 12.3. The lowest BCUT2D eigenvalue weighted by molar-refractivity contribution is -0.136. The first-order valence-corrected chi connectivity index (χ1v) is 7.04. The molecule has 0 aliphatic heterocycles. The second kappa shape index (κ2) is 7.36. The summed E-state index contributed by atoms with van der Waals surface area (Å²) in [5.41, 5.74) is 1.62. The molecule has 1 N–H and O–H groups in total. The molecule has 0 unspecified atom stereocenters. The summed E-state index contributed by atoms with van der Waals surface area (Å²) in [5, 5.41) is 8.88. The first kappa shape index (κ1) is 15.7. The van der Waals surface area contributed by atoms with Crippen molar-refractivity contribution < 1.29 is 14.7 Å². The molecule has 5 heteroatoms. The number of aromatic nitrogens is 1. The van der Waals surface area contributed by atoms with Crippen molar-refractivity contribution in [1.82, 2.24) is 4.98 Å². The van der Waals surface area contributed by atoms with Crippen LogP contribution in [0.25, 0.3) is 0 Å². The van der Waals surface area contributed by atoms with Gasteiger partial charge in [-0.15, -0.1) is 0 Å². The van der Waals surface area contributed by atoms with Gasteiger partial charge in [0.2, 0.25) is 0 Å². The third kappa shape index (κ3) is 4.41. The van der Waals surface area contributed by atoms with E-state index < -0.39 is 5.97 Å². The van der Waals surface area contributed by atoms with Crippen LogP contribution in [0.1, 0.15) is 22.3 Å². The summed E-state index contributed by atoms with van der Waals surface area (Å²) in [6.07, 6.45) is 1.61. The fraction of sp³-hybridized carbons (Fsp3) is 0.235. The number of benzene rings is 1. The Hall–Kier alpha value is -2.69. The second-order valence-electron chi connectivity index (χ2n) is 5.05. The van der Waals surface area contributed by atoms with Gasteiger partial charge in [0.25, 0.3) is 0 Å². The molecule has 1 aromatic carbocycles. The zero-order valence-electron chi connectivity index (χ0n) is 12.4. The Kier molecular flexibility index (Phi) is 5.25. The number of hydrogen-bond acceptors (Lipinski definition) is 4. The number of carboxylic acid groups (broad SMARTS) is 1. The van der Waals surface area contributed by atoms with E-state index in [2.05, 4.69) is 4.98 Å². The van der Waals surface area contributed by atoms with E-state index in [1.165, 1.54) is 0 Å². The Bertz CT molecular complexity index is 656. The summed E-state index contributed by atoms with van der Waals surface area (Å²) in [7, 11) is 0. The quantitative estimate of drug-likeness (QED) is 0.795. The first-order valence-electron chi connectivity index (χ1n) is 7.04. The van der Waals surface area contributed by atoms with Crippen molar-refractivity contribution >= 4 is 17.6 Å². The van der Waals surface area contributed by atoms with Crippen molar-refractivity contribution in [2.75, 3.05) is 18.0 Å². The fourth-order valence-corrected chi connectivity index (χ4v) is 2.09. The topological polar surface area (TPSA) is 70.5 Å². The number of pyridine rings is 1. The van der Waals surface area contributed by atoms with Crippen LogP contribution in [-0.2, 0) is 4.79 Å². The molecular weight excluding hydrogens is 280 g/mol. The summed E-state index contributed by atoms with van der Waals surface area (Å²) < 4.78 is 0. The van der Waals surface area contributed by atoms with E-state index in [9.17, 15) is 9.59 Å². The van der Waals surface area contributed by atoms with E-state index in [1.807, 2.05) is 25.1 Å². The van der Waals surface area contributed by atoms with Crippen molar-refractivity contribution in [3.05, 3.63) is 59.8 Å². The van der Waals surface area contributed by atoms with Crippen LogP contribution in [0.5, 0.6) is 0 Å². The molecule has 0 aliphatic carbocycles. The summed E-state index contributed by atoms with van der Waals surface area (Å²) in [4.78, 5) is 29.1. The highest BCUT2D eigenvalue weighted by Crippen LogP contribution is 2.14. The van der Waals surface area contributed by atoms with Gasteiger partial charge in [-0.25, -0.2) is 4.98 Å². The lowest BCUT2D eigenvalue weighted by atomic mass is 10.1. The predicted octanol–water partition coefficient (Wildman–Crippen LogP) is 2.55. The Morgan fingerprint density at radius 1 is 1.18 bits per heavy atom. The van der Waals surface area contributed by atoms with E-state index in [0.717, 1.165) is 5.56 Å². The summed E-state index contributed by atoms with van der Waals surface area (Å²) in [5.74, 6) is -0.343. The van der Waals surface area contributed by atoms with Crippen LogP contribution < -0.4 is 4.90 Å². The Labute approximate surface area is 129 Å². The van der Waals surface area contributed by atoms with Crippen LogP contribution in [0.2, 0.25) is 0 Å². The van der Waals surface area contributed by atoms with Gasteiger partial charge in [0.15, 0.2) is 5.78 Å². The highest BCUT2D eigenvalue weighted by atomic mass is 16.4. The molecule has 0 fully saturated rings. The normalized spacial score (nSPS) is 10.2. The molecule has 0 saturated heterocycles. The standard InChI is InChI=1S/C17H18N2O3/c1-13-7-9-18-16(11-13)19(10-8-17(21)22)12-15(20)14-5-3-2-4-6-14/h2-7,9,11H,8,10,12H2,1H3,(H,21,22). The third-order valence-electron chi connectivity index (χ3n) is 3.25. The van der Waals surface area contributed by atoms with Crippen LogP contribution >= 0.6 is 0 Å². The molecule has 0 amide bonds. The van der Waals surface area contributed by atoms with Gasteiger partial charge >= 0.3 is 5.97 Å². The molecule has 1 heterocycles. The largest absolute Gasteiger partial charge is 0.481 e. The minimum atomic E-state index is -0.898. The zero-order chi connectivity index (χ0) is 15.9. The number of anilines is 1. The molecule has 0 radical (unpaired) electrons.